The van der Waals surface area contributed by atoms with Gasteiger partial charge in [0.05, 0.1) is 6.10 Å². The lowest BCUT2D eigenvalue weighted by Gasteiger charge is -2.14. The van der Waals surface area contributed by atoms with Crippen LogP contribution in [0.25, 0.3) is 0 Å². The van der Waals surface area contributed by atoms with E-state index < -0.39 is 6.29 Å². The van der Waals surface area contributed by atoms with Crippen molar-refractivity contribution < 1.29 is 23.8 Å². The highest BCUT2D eigenvalue weighted by Gasteiger charge is 2.26. The van der Waals surface area contributed by atoms with Gasteiger partial charge in [-0.3, -0.25) is 9.59 Å². The molecule has 0 aromatic carbocycles. The molecular formula is C13H18O5. The lowest BCUT2D eigenvalue weighted by molar-refractivity contribution is -0.140. The van der Waals surface area contributed by atoms with Crippen molar-refractivity contribution in [1.29, 1.82) is 0 Å². The summed E-state index contributed by atoms with van der Waals surface area (Å²) in [6, 6.07) is 0. The van der Waals surface area contributed by atoms with Gasteiger partial charge < -0.3 is 14.2 Å². The highest BCUT2D eigenvalue weighted by atomic mass is 16.7. The van der Waals surface area contributed by atoms with E-state index in [4.69, 9.17) is 14.2 Å². The second-order valence-corrected chi connectivity index (χ2v) is 4.08. The highest BCUT2D eigenvalue weighted by Crippen LogP contribution is 2.23. The number of hydrogen-bond acceptors (Lipinski definition) is 5. The Balaban J connectivity index is 2.35. The molecule has 1 aliphatic heterocycles. The fourth-order valence-electron chi connectivity index (χ4n) is 1.63. The third kappa shape index (κ3) is 4.43. The Bertz CT molecular complexity index is 358. The summed E-state index contributed by atoms with van der Waals surface area (Å²) in [6.45, 7) is 5.36. The monoisotopic (exact) mass is 254 g/mol. The van der Waals surface area contributed by atoms with Crippen LogP contribution in [-0.4, -0.2) is 38.4 Å². The third-order valence-corrected chi connectivity index (χ3v) is 2.61. The minimum absolute atomic E-state index is 0.204. The van der Waals surface area contributed by atoms with E-state index in [2.05, 4.69) is 6.58 Å². The molecular weight excluding hydrogens is 236 g/mol. The van der Waals surface area contributed by atoms with Crippen LogP contribution in [0.15, 0.2) is 23.8 Å². The van der Waals surface area contributed by atoms with Crippen LogP contribution >= 0.6 is 0 Å². The molecule has 0 amide bonds. The van der Waals surface area contributed by atoms with Gasteiger partial charge in [-0.2, -0.15) is 0 Å². The lowest BCUT2D eigenvalue weighted by Crippen LogP contribution is -2.16. The normalized spacial score (nSPS) is 22.4. The minimum Gasteiger partial charge on any atom is -0.461 e. The molecule has 0 saturated heterocycles. The van der Waals surface area contributed by atoms with Gasteiger partial charge >= 0.3 is 5.97 Å². The first-order valence-electron chi connectivity index (χ1n) is 5.72. The maximum atomic E-state index is 10.8. The number of aldehydes is 1. The molecule has 0 bridgehead atoms. The molecule has 0 unspecified atom stereocenters. The zero-order chi connectivity index (χ0) is 13.5. The van der Waals surface area contributed by atoms with Gasteiger partial charge in [0.2, 0.25) is 0 Å². The van der Waals surface area contributed by atoms with Crippen molar-refractivity contribution in [1.82, 2.24) is 0 Å². The van der Waals surface area contributed by atoms with Crippen molar-refractivity contribution in [2.24, 2.45) is 0 Å². The number of hydrogen-bond donors (Lipinski definition) is 0. The molecule has 1 aliphatic rings. The molecule has 5 heteroatoms. The summed E-state index contributed by atoms with van der Waals surface area (Å²) >= 11 is 0. The summed E-state index contributed by atoms with van der Waals surface area (Å²) in [5, 5.41) is 0. The van der Waals surface area contributed by atoms with Crippen molar-refractivity contribution in [3.63, 3.8) is 0 Å². The Hall–Kier alpha value is -1.46. The molecule has 0 N–H and O–H groups in total. The second-order valence-electron chi connectivity index (χ2n) is 4.08. The molecule has 0 fully saturated rings. The quantitative estimate of drug-likeness (QED) is 0.390. The van der Waals surface area contributed by atoms with Crippen LogP contribution in [0.2, 0.25) is 0 Å². The third-order valence-electron chi connectivity index (χ3n) is 2.61. The summed E-state index contributed by atoms with van der Waals surface area (Å²) in [4.78, 5) is 21.5. The Morgan fingerprint density at radius 1 is 1.61 bits per heavy atom. The molecule has 0 aromatic rings. The molecule has 0 aliphatic carbocycles. The van der Waals surface area contributed by atoms with Crippen LogP contribution < -0.4 is 0 Å². The van der Waals surface area contributed by atoms with E-state index >= 15 is 0 Å². The number of carbonyl (C=O) groups is 2. The van der Waals surface area contributed by atoms with Crippen molar-refractivity contribution in [2.45, 2.75) is 32.2 Å². The Kier molecular flexibility index (Phi) is 5.74. The predicted molar refractivity (Wildman–Crippen MR) is 64.8 cm³/mol. The van der Waals surface area contributed by atoms with Gasteiger partial charge in [-0.1, -0.05) is 6.58 Å². The van der Waals surface area contributed by atoms with Crippen LogP contribution in [0.5, 0.6) is 0 Å². The van der Waals surface area contributed by atoms with E-state index in [0.717, 1.165) is 11.9 Å². The van der Waals surface area contributed by atoms with Gasteiger partial charge in [0.1, 0.15) is 12.9 Å². The Morgan fingerprint density at radius 3 is 2.89 bits per heavy atom. The summed E-state index contributed by atoms with van der Waals surface area (Å²) < 4.78 is 15.3. The highest BCUT2D eigenvalue weighted by molar-refractivity contribution is 5.75. The first-order chi connectivity index (χ1) is 8.56. The maximum absolute atomic E-state index is 10.8. The lowest BCUT2D eigenvalue weighted by atomic mass is 10.0. The van der Waals surface area contributed by atoms with Gasteiger partial charge in [-0.05, 0) is 24.5 Å². The van der Waals surface area contributed by atoms with Crippen LogP contribution in [0, 0.1) is 0 Å². The van der Waals surface area contributed by atoms with E-state index in [1.54, 1.807) is 6.08 Å². The summed E-state index contributed by atoms with van der Waals surface area (Å²) in [5.74, 6) is -0.332. The Labute approximate surface area is 106 Å². The van der Waals surface area contributed by atoms with Crippen LogP contribution in [0.4, 0.5) is 0 Å². The number of methoxy groups -OCH3 is 1. The zero-order valence-corrected chi connectivity index (χ0v) is 10.7. The molecule has 0 radical (unpaired) electrons. The van der Waals surface area contributed by atoms with Crippen molar-refractivity contribution in [2.75, 3.05) is 13.7 Å². The Morgan fingerprint density at radius 2 is 2.33 bits per heavy atom. The smallest absolute Gasteiger partial charge is 0.302 e. The molecule has 0 saturated carbocycles. The van der Waals surface area contributed by atoms with Crippen LogP contribution in [0.1, 0.15) is 19.8 Å². The molecule has 100 valence electrons. The molecule has 0 aromatic heterocycles. The topological polar surface area (TPSA) is 61.8 Å². The van der Waals surface area contributed by atoms with Gasteiger partial charge in [-0.15, -0.1) is 0 Å². The molecule has 5 nitrogen and oxygen atoms in total. The molecule has 1 rings (SSSR count). The van der Waals surface area contributed by atoms with E-state index in [1.807, 2.05) is 0 Å². The summed E-state index contributed by atoms with van der Waals surface area (Å²) in [7, 11) is 1.52. The fraction of sp³-hybridized carbons (Fsp3) is 0.538. The number of esters is 1. The molecule has 1 heterocycles. The van der Waals surface area contributed by atoms with Gasteiger partial charge in [-0.25, -0.2) is 0 Å². The molecule has 0 spiro atoms. The number of ether oxygens (including phenoxy) is 3. The van der Waals surface area contributed by atoms with Crippen molar-refractivity contribution in [3.8, 4) is 0 Å². The minimum atomic E-state index is -0.461. The summed E-state index contributed by atoms with van der Waals surface area (Å²) in [6.07, 6.45) is 2.94. The number of carbonyl (C=O) groups excluding carboxylic acids is 2. The average Bonchev–Trinajstić information content (AvgIpc) is 2.76. The molecule has 2 atom stereocenters. The van der Waals surface area contributed by atoms with Crippen LogP contribution in [0.3, 0.4) is 0 Å². The largest absolute Gasteiger partial charge is 0.461 e. The first-order valence-corrected chi connectivity index (χ1v) is 5.72. The SMILES string of the molecule is C=C(CC[C@H]1O[C@H](OC)C=C1C=O)COC(C)=O. The number of rotatable bonds is 7. The second kappa shape index (κ2) is 7.08. The van der Waals surface area contributed by atoms with Crippen molar-refractivity contribution >= 4 is 12.3 Å². The first kappa shape index (κ1) is 14.6. The van der Waals surface area contributed by atoms with Gasteiger partial charge in [0.15, 0.2) is 6.29 Å². The maximum Gasteiger partial charge on any atom is 0.302 e. The zero-order valence-electron chi connectivity index (χ0n) is 10.7. The standard InChI is InChI=1S/C13H18O5/c1-9(8-17-10(2)15)4-5-12-11(7-14)6-13(16-3)18-12/h6-7,12-13H,1,4-5,8H2,2-3H3/t12-,13+/m1/s1. The average molecular weight is 254 g/mol. The van der Waals surface area contributed by atoms with Gasteiger partial charge in [0.25, 0.3) is 0 Å². The fourth-order valence-corrected chi connectivity index (χ4v) is 1.63. The predicted octanol–water partition coefficient (Wildman–Crippen LogP) is 1.38. The van der Waals surface area contributed by atoms with Crippen molar-refractivity contribution in [3.05, 3.63) is 23.8 Å². The van der Waals surface area contributed by atoms with E-state index in [1.165, 1.54) is 14.0 Å². The van der Waals surface area contributed by atoms with Gasteiger partial charge in [0, 0.05) is 19.6 Å². The van der Waals surface area contributed by atoms with E-state index in [-0.39, 0.29) is 18.7 Å². The van der Waals surface area contributed by atoms with E-state index in [9.17, 15) is 9.59 Å². The van der Waals surface area contributed by atoms with E-state index in [0.29, 0.717) is 18.4 Å². The van der Waals surface area contributed by atoms with Crippen LogP contribution in [-0.2, 0) is 23.8 Å². The molecule has 18 heavy (non-hydrogen) atoms. The summed E-state index contributed by atoms with van der Waals surface area (Å²) in [5.41, 5.74) is 1.38.